The zero-order chi connectivity index (χ0) is 35.9. The lowest BCUT2D eigenvalue weighted by atomic mass is 9.61. The van der Waals surface area contributed by atoms with E-state index in [1.807, 2.05) is 72.8 Å². The van der Waals surface area contributed by atoms with Crippen LogP contribution in [0.4, 0.5) is 0 Å². The molecule has 0 aliphatic carbocycles. The molecular weight excluding hydrogens is 645 g/mol. The topological polar surface area (TPSA) is 55.4 Å². The molecule has 0 bridgehead atoms. The van der Waals surface area contributed by atoms with Gasteiger partial charge in [-0.1, -0.05) is 98.7 Å². The summed E-state index contributed by atoms with van der Waals surface area (Å²) in [6.45, 7) is 33.7. The Hall–Kier alpha value is -2.21. The second kappa shape index (κ2) is 13.8. The Balaban J connectivity index is 1.60. The third kappa shape index (κ3) is 9.11. The minimum Gasteiger partial charge on any atom is -0.544 e. The van der Waals surface area contributed by atoms with Gasteiger partial charge >= 0.3 is 21.4 Å². The van der Waals surface area contributed by atoms with Crippen LogP contribution in [0.15, 0.2) is 72.8 Å². The monoisotopic (exact) mass is 702 g/mol. The summed E-state index contributed by atoms with van der Waals surface area (Å²) < 4.78 is 39.1. The molecule has 0 radical (unpaired) electrons. The van der Waals surface area contributed by atoms with Gasteiger partial charge in [-0.2, -0.15) is 0 Å². The number of hydrogen-bond acceptors (Lipinski definition) is 6. The second-order valence-corrected chi connectivity index (χ2v) is 31.9. The Kier molecular flexibility index (Phi) is 11.1. The molecule has 1 saturated heterocycles. The van der Waals surface area contributed by atoms with E-state index in [-0.39, 0.29) is 15.1 Å². The lowest BCUT2D eigenvalue weighted by Gasteiger charge is -2.37. The van der Waals surface area contributed by atoms with Crippen molar-refractivity contribution in [3.8, 4) is 17.2 Å². The van der Waals surface area contributed by atoms with Crippen LogP contribution in [0, 0.1) is 0 Å². The highest BCUT2D eigenvalue weighted by Crippen LogP contribution is 2.39. The summed E-state index contributed by atoms with van der Waals surface area (Å²) in [5.41, 5.74) is 2.69. The van der Waals surface area contributed by atoms with Gasteiger partial charge in [0.1, 0.15) is 17.2 Å². The average Bonchev–Trinajstić information content (AvgIpc) is 2.96. The van der Waals surface area contributed by atoms with E-state index in [0.29, 0.717) is 0 Å². The van der Waals surface area contributed by atoms with E-state index in [1.54, 1.807) is 0 Å². The van der Waals surface area contributed by atoms with E-state index in [0.717, 1.165) is 33.6 Å². The first-order chi connectivity index (χ1) is 21.9. The fourth-order valence-corrected chi connectivity index (χ4v) is 7.42. The summed E-state index contributed by atoms with van der Waals surface area (Å²) in [4.78, 5) is 0. The van der Waals surface area contributed by atoms with Gasteiger partial charge < -0.3 is 27.0 Å². The van der Waals surface area contributed by atoms with Crippen LogP contribution in [0.5, 0.6) is 17.2 Å². The lowest BCUT2D eigenvalue weighted by Crippen LogP contribution is -2.61. The summed E-state index contributed by atoms with van der Waals surface area (Å²) >= 11 is 0. The molecule has 4 rings (SSSR count). The predicted octanol–water partition coefficient (Wildman–Crippen LogP) is 8.39. The second-order valence-electron chi connectivity index (χ2n) is 17.7. The molecule has 1 aliphatic rings. The van der Waals surface area contributed by atoms with E-state index in [4.69, 9.17) is 27.0 Å². The van der Waals surface area contributed by atoms with Gasteiger partial charge in [-0.3, -0.25) is 0 Å². The summed E-state index contributed by atoms with van der Waals surface area (Å²) in [5.74, 6) is 2.58. The minimum atomic E-state index is -1.97. The van der Waals surface area contributed by atoms with Crippen LogP contribution in [-0.2, 0) is 13.7 Å². The SMILES string of the molecule is CC(C)(C)[Si](C)(C)Oc1ccc(B2OB(c3ccc(O[Si](C)(C)C(C)(C)C)cc3)OB(c3ccc(O[Si](C)(C)C(C)(C)C)cc3)O2)cc1. The molecule has 0 unspecified atom stereocenters. The summed E-state index contributed by atoms with van der Waals surface area (Å²) in [6.07, 6.45) is 0. The Morgan fingerprint density at radius 3 is 0.729 bits per heavy atom. The maximum atomic E-state index is 6.54. The van der Waals surface area contributed by atoms with Gasteiger partial charge in [0.05, 0.1) is 0 Å². The van der Waals surface area contributed by atoms with Crippen LogP contribution in [0.2, 0.25) is 54.4 Å². The van der Waals surface area contributed by atoms with Crippen molar-refractivity contribution in [3.05, 3.63) is 72.8 Å². The van der Waals surface area contributed by atoms with Crippen molar-refractivity contribution in [1.82, 2.24) is 0 Å². The molecule has 48 heavy (non-hydrogen) atoms. The van der Waals surface area contributed by atoms with Crippen molar-refractivity contribution in [2.75, 3.05) is 0 Å². The maximum Gasteiger partial charge on any atom is 0.467 e. The van der Waals surface area contributed by atoms with Crippen LogP contribution in [0.3, 0.4) is 0 Å². The van der Waals surface area contributed by atoms with Gasteiger partial charge in [-0.15, -0.1) is 0 Å². The number of hydrogen-bond donors (Lipinski definition) is 0. The Bertz CT molecular complexity index is 1320. The summed E-state index contributed by atoms with van der Waals surface area (Å²) in [5, 5.41) is 0.320. The molecule has 1 aliphatic heterocycles. The highest BCUT2D eigenvalue weighted by atomic mass is 28.4. The smallest absolute Gasteiger partial charge is 0.467 e. The molecule has 12 heteroatoms. The van der Waals surface area contributed by atoms with Crippen molar-refractivity contribution >= 4 is 62.7 Å². The van der Waals surface area contributed by atoms with Gasteiger partial charge in [-0.25, -0.2) is 0 Å². The molecule has 258 valence electrons. The zero-order valence-corrected chi connectivity index (χ0v) is 35.1. The van der Waals surface area contributed by atoms with Gasteiger partial charge in [0, 0.05) is 0 Å². The lowest BCUT2D eigenvalue weighted by molar-refractivity contribution is 0.308. The van der Waals surface area contributed by atoms with Crippen molar-refractivity contribution in [2.24, 2.45) is 0 Å². The minimum absolute atomic E-state index is 0.107. The number of benzene rings is 3. The fraction of sp³-hybridized carbons (Fsp3) is 0.500. The molecule has 0 saturated carbocycles. The van der Waals surface area contributed by atoms with Gasteiger partial charge in [0.2, 0.25) is 25.0 Å². The third-order valence-electron chi connectivity index (χ3n) is 10.7. The molecule has 0 N–H and O–H groups in total. The van der Waals surface area contributed by atoms with E-state index < -0.39 is 46.3 Å². The Morgan fingerprint density at radius 1 is 0.375 bits per heavy atom. The molecule has 1 fully saturated rings. The number of rotatable bonds is 9. The predicted molar refractivity (Wildman–Crippen MR) is 212 cm³/mol. The standard InChI is InChI=1S/C36H57B3O6Si3/c1-34(2,3)46(10,11)40-31-22-16-28(17-23-31)37-43-38(29-18-24-32(25-19-29)41-47(12,13)35(4,5)6)45-39(44-37)30-20-26-33(27-21-30)42-48(14,15)36(7,8)9/h16-27H,1-15H3. The van der Waals surface area contributed by atoms with E-state index in [2.05, 4.69) is 102 Å². The Labute approximate surface area is 295 Å². The van der Waals surface area contributed by atoms with E-state index in [9.17, 15) is 0 Å². The summed E-state index contributed by atoms with van der Waals surface area (Å²) in [7, 11) is -7.87. The van der Waals surface area contributed by atoms with E-state index >= 15 is 0 Å². The van der Waals surface area contributed by atoms with Crippen molar-refractivity contribution in [1.29, 1.82) is 0 Å². The largest absolute Gasteiger partial charge is 0.544 e. The normalized spacial score (nSPS) is 15.4. The zero-order valence-electron chi connectivity index (χ0n) is 32.1. The molecule has 0 amide bonds. The highest BCUT2D eigenvalue weighted by Gasteiger charge is 2.45. The van der Waals surface area contributed by atoms with Crippen LogP contribution >= 0.6 is 0 Å². The fourth-order valence-electron chi connectivity index (χ4n) is 4.33. The van der Waals surface area contributed by atoms with Gasteiger partial charge in [0.15, 0.2) is 0 Å². The van der Waals surface area contributed by atoms with E-state index in [1.165, 1.54) is 0 Å². The van der Waals surface area contributed by atoms with Gasteiger partial charge in [-0.05, 0) is 107 Å². The molecule has 3 aromatic rings. The van der Waals surface area contributed by atoms with Crippen LogP contribution < -0.4 is 29.7 Å². The molecule has 6 nitrogen and oxygen atoms in total. The first-order valence-corrected chi connectivity index (χ1v) is 25.9. The maximum absolute atomic E-state index is 6.54. The van der Waals surface area contributed by atoms with Crippen LogP contribution in [-0.4, -0.2) is 46.3 Å². The molecule has 0 aromatic heterocycles. The van der Waals surface area contributed by atoms with Crippen LogP contribution in [0.1, 0.15) is 62.3 Å². The molecule has 1 heterocycles. The van der Waals surface area contributed by atoms with Crippen molar-refractivity contribution < 1.29 is 27.0 Å². The molecular formula is C36H57B3O6Si3. The Morgan fingerprint density at radius 2 is 0.562 bits per heavy atom. The molecule has 0 spiro atoms. The van der Waals surface area contributed by atoms with Crippen LogP contribution in [0.25, 0.3) is 0 Å². The molecule has 3 aromatic carbocycles. The average molecular weight is 703 g/mol. The summed E-state index contributed by atoms with van der Waals surface area (Å²) in [6, 6.07) is 24.3. The first-order valence-electron chi connectivity index (χ1n) is 17.2. The highest BCUT2D eigenvalue weighted by molar-refractivity contribution is 6.87. The van der Waals surface area contributed by atoms with Crippen molar-refractivity contribution in [3.63, 3.8) is 0 Å². The molecule has 0 atom stereocenters. The quantitative estimate of drug-likeness (QED) is 0.209. The first kappa shape index (κ1) is 38.6. The van der Waals surface area contributed by atoms with Crippen molar-refractivity contribution in [2.45, 2.75) is 117 Å². The van der Waals surface area contributed by atoms with Gasteiger partial charge in [0.25, 0.3) is 0 Å². The third-order valence-corrected chi connectivity index (χ3v) is 23.8.